The highest BCUT2D eigenvalue weighted by Crippen LogP contribution is 2.43. The van der Waals surface area contributed by atoms with E-state index in [1.54, 1.807) is 0 Å². The quantitative estimate of drug-likeness (QED) is 0.154. The highest BCUT2D eigenvalue weighted by molar-refractivity contribution is 6.10. The SMILES string of the molecule is C=C1/C=C\c2c(n(-c3ccccc3)c3ccccc23)N(/C=N/C(=N\Cc2ccccc2)c2ccccc2)c2ccccc21. The molecule has 1 aliphatic heterocycles. The van der Waals surface area contributed by atoms with Crippen molar-refractivity contribution in [3.63, 3.8) is 0 Å². The zero-order valence-electron chi connectivity index (χ0n) is 23.7. The molecular formula is C39H30N4. The maximum atomic E-state index is 5.12. The first-order valence-corrected chi connectivity index (χ1v) is 14.4. The zero-order chi connectivity index (χ0) is 29.0. The van der Waals surface area contributed by atoms with Crippen LogP contribution in [-0.2, 0) is 6.54 Å². The molecule has 4 heteroatoms. The van der Waals surface area contributed by atoms with Gasteiger partial charge in [0.2, 0.25) is 0 Å². The Kier molecular flexibility index (Phi) is 7.08. The monoisotopic (exact) mass is 554 g/mol. The topological polar surface area (TPSA) is 32.9 Å². The molecule has 0 saturated carbocycles. The minimum absolute atomic E-state index is 0.536. The van der Waals surface area contributed by atoms with Crippen LogP contribution < -0.4 is 4.90 Å². The fourth-order valence-electron chi connectivity index (χ4n) is 5.61. The molecule has 206 valence electrons. The molecule has 0 aliphatic carbocycles. The van der Waals surface area contributed by atoms with Crippen LogP contribution in [0.2, 0.25) is 0 Å². The van der Waals surface area contributed by atoms with E-state index in [1.807, 2.05) is 48.8 Å². The normalized spacial score (nSPS) is 13.9. The van der Waals surface area contributed by atoms with E-state index in [1.165, 1.54) is 0 Å². The summed E-state index contributed by atoms with van der Waals surface area (Å²) in [5.74, 6) is 1.67. The number of fused-ring (bicyclic) bond motifs is 4. The van der Waals surface area contributed by atoms with Crippen molar-refractivity contribution in [2.45, 2.75) is 6.54 Å². The number of allylic oxidation sites excluding steroid dienone is 2. The number of aliphatic imine (C=N–C) groups is 2. The predicted octanol–water partition coefficient (Wildman–Crippen LogP) is 9.48. The Labute approximate surface area is 251 Å². The number of nitrogens with zero attached hydrogens (tertiary/aromatic N) is 4. The van der Waals surface area contributed by atoms with Gasteiger partial charge < -0.3 is 0 Å². The van der Waals surface area contributed by atoms with Crippen molar-refractivity contribution in [2.75, 3.05) is 4.90 Å². The average molecular weight is 555 g/mol. The molecule has 0 unspecified atom stereocenters. The van der Waals surface area contributed by atoms with Gasteiger partial charge in [-0.2, -0.15) is 0 Å². The van der Waals surface area contributed by atoms with Gasteiger partial charge in [-0.05, 0) is 35.4 Å². The molecule has 5 aromatic carbocycles. The molecular weight excluding hydrogens is 524 g/mol. The first kappa shape index (κ1) is 26.2. The van der Waals surface area contributed by atoms with E-state index in [0.29, 0.717) is 12.4 Å². The van der Waals surface area contributed by atoms with Gasteiger partial charge in [-0.25, -0.2) is 4.99 Å². The molecule has 0 amide bonds. The average Bonchev–Trinajstić information content (AvgIpc) is 3.39. The molecule has 0 bridgehead atoms. The van der Waals surface area contributed by atoms with E-state index in [-0.39, 0.29) is 0 Å². The van der Waals surface area contributed by atoms with Gasteiger partial charge >= 0.3 is 0 Å². The summed E-state index contributed by atoms with van der Waals surface area (Å²) in [4.78, 5) is 12.3. The first-order chi connectivity index (χ1) is 21.3. The van der Waals surface area contributed by atoms with Crippen LogP contribution in [0.1, 0.15) is 22.3 Å². The molecule has 1 aromatic heterocycles. The second-order valence-electron chi connectivity index (χ2n) is 10.4. The van der Waals surface area contributed by atoms with Crippen molar-refractivity contribution < 1.29 is 0 Å². The molecule has 43 heavy (non-hydrogen) atoms. The van der Waals surface area contributed by atoms with Gasteiger partial charge in [-0.3, -0.25) is 14.5 Å². The van der Waals surface area contributed by atoms with E-state index in [9.17, 15) is 0 Å². The summed E-state index contributed by atoms with van der Waals surface area (Å²) in [6, 6.07) is 47.8. The smallest absolute Gasteiger partial charge is 0.156 e. The predicted molar refractivity (Wildman–Crippen MR) is 182 cm³/mol. The molecule has 1 aliphatic rings. The van der Waals surface area contributed by atoms with Crippen molar-refractivity contribution in [2.24, 2.45) is 9.98 Å². The van der Waals surface area contributed by atoms with Crippen LogP contribution in [0, 0.1) is 0 Å². The lowest BCUT2D eigenvalue weighted by molar-refractivity contribution is 1.06. The number of amidine groups is 1. The van der Waals surface area contributed by atoms with Gasteiger partial charge in [0.05, 0.1) is 17.7 Å². The second kappa shape index (κ2) is 11.6. The lowest BCUT2D eigenvalue weighted by Gasteiger charge is -2.27. The van der Waals surface area contributed by atoms with E-state index in [4.69, 9.17) is 9.98 Å². The van der Waals surface area contributed by atoms with Gasteiger partial charge in [0.1, 0.15) is 12.2 Å². The molecule has 0 spiro atoms. The molecule has 4 nitrogen and oxygen atoms in total. The van der Waals surface area contributed by atoms with Crippen LogP contribution >= 0.6 is 0 Å². The van der Waals surface area contributed by atoms with E-state index in [2.05, 4.69) is 125 Å². The summed E-state index contributed by atoms with van der Waals surface area (Å²) < 4.78 is 2.31. The number of rotatable bonds is 5. The second-order valence-corrected chi connectivity index (χ2v) is 10.4. The number of aromatic nitrogens is 1. The Bertz CT molecular complexity index is 2000. The Hall–Kier alpha value is -5.74. The number of hydrogen-bond acceptors (Lipinski definition) is 1. The molecule has 0 atom stereocenters. The summed E-state index contributed by atoms with van der Waals surface area (Å²) in [5.41, 5.74) is 8.37. The molecule has 7 rings (SSSR count). The van der Waals surface area contributed by atoms with Crippen molar-refractivity contribution in [3.8, 4) is 5.69 Å². The Morgan fingerprint density at radius 1 is 0.674 bits per heavy atom. The van der Waals surface area contributed by atoms with E-state index < -0.39 is 0 Å². The third-order valence-electron chi connectivity index (χ3n) is 7.67. The summed E-state index contributed by atoms with van der Waals surface area (Å²) in [7, 11) is 0. The third kappa shape index (κ3) is 5.11. The Balaban J connectivity index is 1.47. The zero-order valence-corrected chi connectivity index (χ0v) is 23.7. The fourth-order valence-corrected chi connectivity index (χ4v) is 5.61. The maximum absolute atomic E-state index is 5.12. The summed E-state index contributed by atoms with van der Waals surface area (Å²) in [6.45, 7) is 4.96. The molecule has 0 fully saturated rings. The lowest BCUT2D eigenvalue weighted by Crippen LogP contribution is -2.21. The minimum atomic E-state index is 0.536. The molecule has 0 N–H and O–H groups in total. The minimum Gasteiger partial charge on any atom is -0.295 e. The summed E-state index contributed by atoms with van der Waals surface area (Å²) in [6.07, 6.45) is 6.21. The molecule has 0 saturated heterocycles. The highest BCUT2D eigenvalue weighted by Gasteiger charge is 2.25. The van der Waals surface area contributed by atoms with Gasteiger partial charge in [0.15, 0.2) is 5.84 Å². The van der Waals surface area contributed by atoms with Crippen LogP contribution in [0.25, 0.3) is 28.2 Å². The number of benzene rings is 5. The number of hydrogen-bond donors (Lipinski definition) is 0. The largest absolute Gasteiger partial charge is 0.295 e. The van der Waals surface area contributed by atoms with Crippen LogP contribution in [-0.4, -0.2) is 16.7 Å². The highest BCUT2D eigenvalue weighted by atomic mass is 15.3. The van der Waals surface area contributed by atoms with Gasteiger partial charge in [-0.15, -0.1) is 0 Å². The van der Waals surface area contributed by atoms with Crippen molar-refractivity contribution in [1.29, 1.82) is 0 Å². The van der Waals surface area contributed by atoms with Gasteiger partial charge in [0, 0.05) is 27.8 Å². The van der Waals surface area contributed by atoms with Crippen LogP contribution in [0.3, 0.4) is 0 Å². The van der Waals surface area contributed by atoms with Crippen LogP contribution in [0.15, 0.2) is 162 Å². The summed E-state index contributed by atoms with van der Waals surface area (Å²) >= 11 is 0. The maximum Gasteiger partial charge on any atom is 0.156 e. The van der Waals surface area contributed by atoms with Crippen LogP contribution in [0.4, 0.5) is 11.5 Å². The fraction of sp³-hybridized carbons (Fsp3) is 0.0256. The molecule has 0 radical (unpaired) electrons. The Morgan fingerprint density at radius 2 is 1.33 bits per heavy atom. The number of para-hydroxylation sites is 3. The standard InChI is InChI=1S/C39H30N4/c1-29-25-26-35-34-22-12-14-24-37(34)43(32-19-9-4-10-20-32)39(35)42(36-23-13-11-21-33(29)36)28-41-38(31-17-7-3-8-18-31)40-27-30-15-5-2-6-16-30/h2-26,28H,1,27H2/b26-25-,40-38-,41-28+. The number of anilines is 2. The summed E-state index contributed by atoms with van der Waals surface area (Å²) in [5, 5.41) is 1.16. The van der Waals surface area contributed by atoms with Crippen molar-refractivity contribution in [1.82, 2.24) is 4.57 Å². The van der Waals surface area contributed by atoms with E-state index >= 15 is 0 Å². The molecule has 2 heterocycles. The van der Waals surface area contributed by atoms with Crippen LogP contribution in [0.5, 0.6) is 0 Å². The van der Waals surface area contributed by atoms with Gasteiger partial charge in [0.25, 0.3) is 0 Å². The van der Waals surface area contributed by atoms with E-state index in [0.717, 1.165) is 55.9 Å². The molecule has 6 aromatic rings. The van der Waals surface area contributed by atoms with Crippen molar-refractivity contribution >= 4 is 46.2 Å². The van der Waals surface area contributed by atoms with Crippen molar-refractivity contribution in [3.05, 3.63) is 174 Å². The first-order valence-electron chi connectivity index (χ1n) is 14.4. The lowest BCUT2D eigenvalue weighted by atomic mass is 10.0. The van der Waals surface area contributed by atoms with Gasteiger partial charge in [-0.1, -0.05) is 134 Å². The Morgan fingerprint density at radius 3 is 2.12 bits per heavy atom. The third-order valence-corrected chi connectivity index (χ3v) is 7.67.